The quantitative estimate of drug-likeness (QED) is 0.737. The number of aromatic amines is 1. The standard InChI is InChI=1S/C13H12N4O2/c1-7-8(2)17-19-13(7)16-12(18)9-3-4-10-11(5-9)15-6-14-10/h3-6H,1-2H3,(H,14,15)(H,16,18). The van der Waals surface area contributed by atoms with Crippen LogP contribution in [0.3, 0.4) is 0 Å². The summed E-state index contributed by atoms with van der Waals surface area (Å²) in [7, 11) is 0. The largest absolute Gasteiger partial charge is 0.345 e. The minimum absolute atomic E-state index is 0.240. The summed E-state index contributed by atoms with van der Waals surface area (Å²) in [6.07, 6.45) is 1.59. The number of anilines is 1. The zero-order valence-electron chi connectivity index (χ0n) is 10.5. The van der Waals surface area contributed by atoms with E-state index in [0.29, 0.717) is 11.4 Å². The number of carbonyl (C=O) groups excluding carboxylic acids is 1. The van der Waals surface area contributed by atoms with Crippen molar-refractivity contribution in [1.82, 2.24) is 15.1 Å². The molecule has 1 amide bonds. The molecule has 6 heteroatoms. The second-order valence-electron chi connectivity index (χ2n) is 4.31. The van der Waals surface area contributed by atoms with Gasteiger partial charge >= 0.3 is 0 Å². The lowest BCUT2D eigenvalue weighted by Crippen LogP contribution is -2.12. The zero-order valence-corrected chi connectivity index (χ0v) is 10.5. The van der Waals surface area contributed by atoms with E-state index in [9.17, 15) is 4.79 Å². The van der Waals surface area contributed by atoms with E-state index < -0.39 is 0 Å². The van der Waals surface area contributed by atoms with E-state index in [1.54, 1.807) is 24.5 Å². The number of nitrogens with zero attached hydrogens (tertiary/aromatic N) is 2. The number of hydrogen-bond acceptors (Lipinski definition) is 4. The third-order valence-electron chi connectivity index (χ3n) is 3.07. The summed E-state index contributed by atoms with van der Waals surface area (Å²) in [5.74, 6) is 0.142. The number of nitrogens with one attached hydrogen (secondary N) is 2. The van der Waals surface area contributed by atoms with Crippen molar-refractivity contribution in [3.63, 3.8) is 0 Å². The van der Waals surface area contributed by atoms with Crippen LogP contribution >= 0.6 is 0 Å². The number of carbonyl (C=O) groups is 1. The molecule has 0 aliphatic heterocycles. The molecule has 19 heavy (non-hydrogen) atoms. The first-order valence-electron chi connectivity index (χ1n) is 5.82. The van der Waals surface area contributed by atoms with Gasteiger partial charge in [-0.1, -0.05) is 5.16 Å². The lowest BCUT2D eigenvalue weighted by atomic mass is 10.2. The second kappa shape index (κ2) is 4.24. The normalized spacial score (nSPS) is 10.8. The van der Waals surface area contributed by atoms with Crippen LogP contribution in [-0.2, 0) is 0 Å². The molecular formula is C13H12N4O2. The first kappa shape index (κ1) is 11.5. The van der Waals surface area contributed by atoms with Crippen molar-refractivity contribution in [1.29, 1.82) is 0 Å². The molecule has 6 nitrogen and oxygen atoms in total. The summed E-state index contributed by atoms with van der Waals surface area (Å²) in [4.78, 5) is 19.2. The molecule has 2 aromatic heterocycles. The maximum absolute atomic E-state index is 12.1. The Bertz CT molecular complexity index is 757. The van der Waals surface area contributed by atoms with Crippen molar-refractivity contribution in [3.05, 3.63) is 41.3 Å². The first-order chi connectivity index (χ1) is 9.15. The van der Waals surface area contributed by atoms with Gasteiger partial charge in [0.25, 0.3) is 5.91 Å². The molecule has 96 valence electrons. The smallest absolute Gasteiger partial charge is 0.258 e. The summed E-state index contributed by atoms with van der Waals surface area (Å²) >= 11 is 0. The van der Waals surface area contributed by atoms with Crippen molar-refractivity contribution in [3.8, 4) is 0 Å². The van der Waals surface area contributed by atoms with E-state index in [-0.39, 0.29) is 5.91 Å². The molecule has 0 radical (unpaired) electrons. The van der Waals surface area contributed by atoms with Gasteiger partial charge in [-0.25, -0.2) is 4.98 Å². The van der Waals surface area contributed by atoms with Crippen LogP contribution in [0, 0.1) is 13.8 Å². The fourth-order valence-corrected chi connectivity index (χ4v) is 1.78. The van der Waals surface area contributed by atoms with E-state index >= 15 is 0 Å². The minimum Gasteiger partial charge on any atom is -0.345 e. The van der Waals surface area contributed by atoms with Gasteiger partial charge in [0.1, 0.15) is 0 Å². The van der Waals surface area contributed by atoms with Crippen molar-refractivity contribution in [2.75, 3.05) is 5.32 Å². The monoisotopic (exact) mass is 256 g/mol. The average Bonchev–Trinajstić information content (AvgIpc) is 2.99. The molecular weight excluding hydrogens is 244 g/mol. The van der Waals surface area contributed by atoms with Gasteiger partial charge in [0.05, 0.1) is 23.1 Å². The van der Waals surface area contributed by atoms with E-state index in [1.807, 2.05) is 13.8 Å². The van der Waals surface area contributed by atoms with Crippen LogP contribution in [0.4, 0.5) is 5.88 Å². The van der Waals surface area contributed by atoms with Crippen LogP contribution in [-0.4, -0.2) is 21.0 Å². The Morgan fingerprint density at radius 2 is 2.21 bits per heavy atom. The molecule has 2 heterocycles. The highest BCUT2D eigenvalue weighted by Crippen LogP contribution is 2.19. The van der Waals surface area contributed by atoms with Crippen molar-refractivity contribution >= 4 is 22.8 Å². The highest BCUT2D eigenvalue weighted by atomic mass is 16.5. The molecule has 3 rings (SSSR count). The van der Waals surface area contributed by atoms with Crippen molar-refractivity contribution in [2.45, 2.75) is 13.8 Å². The molecule has 0 atom stereocenters. The zero-order chi connectivity index (χ0) is 13.4. The molecule has 2 N–H and O–H groups in total. The predicted octanol–water partition coefficient (Wildman–Crippen LogP) is 2.42. The molecule has 0 saturated carbocycles. The molecule has 0 bridgehead atoms. The summed E-state index contributed by atoms with van der Waals surface area (Å²) in [5.41, 5.74) is 3.77. The predicted molar refractivity (Wildman–Crippen MR) is 70.0 cm³/mol. The summed E-state index contributed by atoms with van der Waals surface area (Å²) in [6, 6.07) is 5.26. The van der Waals surface area contributed by atoms with Gasteiger partial charge in [-0.05, 0) is 32.0 Å². The van der Waals surface area contributed by atoms with Gasteiger partial charge in [-0.3, -0.25) is 10.1 Å². The maximum atomic E-state index is 12.1. The minimum atomic E-state index is -0.240. The third kappa shape index (κ3) is 1.97. The van der Waals surface area contributed by atoms with Gasteiger partial charge < -0.3 is 9.51 Å². The lowest BCUT2D eigenvalue weighted by molar-refractivity contribution is 0.102. The molecule has 0 fully saturated rings. The van der Waals surface area contributed by atoms with Gasteiger partial charge in [0, 0.05) is 11.1 Å². The number of amides is 1. The third-order valence-corrected chi connectivity index (χ3v) is 3.07. The molecule has 1 aromatic carbocycles. The Labute approximate surface area is 108 Å². The number of aromatic nitrogens is 3. The Kier molecular flexibility index (Phi) is 2.56. The van der Waals surface area contributed by atoms with Crippen molar-refractivity contribution < 1.29 is 9.32 Å². The van der Waals surface area contributed by atoms with Crippen LogP contribution < -0.4 is 5.32 Å². The van der Waals surface area contributed by atoms with Crippen LogP contribution in [0.2, 0.25) is 0 Å². The number of rotatable bonds is 2. The Morgan fingerprint density at radius 1 is 1.37 bits per heavy atom. The summed E-state index contributed by atoms with van der Waals surface area (Å²) in [5, 5.41) is 6.50. The summed E-state index contributed by atoms with van der Waals surface area (Å²) < 4.78 is 5.06. The van der Waals surface area contributed by atoms with E-state index in [2.05, 4.69) is 20.4 Å². The van der Waals surface area contributed by atoms with Crippen molar-refractivity contribution in [2.24, 2.45) is 0 Å². The van der Waals surface area contributed by atoms with E-state index in [1.165, 1.54) is 0 Å². The Morgan fingerprint density at radius 3 is 2.95 bits per heavy atom. The molecule has 0 spiro atoms. The number of benzene rings is 1. The Hall–Kier alpha value is -2.63. The molecule has 3 aromatic rings. The highest BCUT2D eigenvalue weighted by Gasteiger charge is 2.13. The molecule has 0 saturated heterocycles. The van der Waals surface area contributed by atoms with E-state index in [4.69, 9.17) is 4.52 Å². The summed E-state index contributed by atoms with van der Waals surface area (Å²) in [6.45, 7) is 3.67. The lowest BCUT2D eigenvalue weighted by Gasteiger charge is -2.02. The fraction of sp³-hybridized carbons (Fsp3) is 0.154. The average molecular weight is 256 g/mol. The van der Waals surface area contributed by atoms with Gasteiger partial charge in [0.15, 0.2) is 0 Å². The number of imidazole rings is 1. The topological polar surface area (TPSA) is 83.8 Å². The van der Waals surface area contributed by atoms with Gasteiger partial charge in [-0.2, -0.15) is 0 Å². The van der Waals surface area contributed by atoms with Gasteiger partial charge in [-0.15, -0.1) is 0 Å². The van der Waals surface area contributed by atoms with E-state index in [0.717, 1.165) is 22.3 Å². The SMILES string of the molecule is Cc1noc(NC(=O)c2ccc3nc[nH]c3c2)c1C. The maximum Gasteiger partial charge on any atom is 0.258 e. The van der Waals surface area contributed by atoms with Gasteiger partial charge in [0.2, 0.25) is 5.88 Å². The van der Waals surface area contributed by atoms with Crippen LogP contribution in [0.15, 0.2) is 29.0 Å². The van der Waals surface area contributed by atoms with Crippen LogP contribution in [0.1, 0.15) is 21.6 Å². The van der Waals surface area contributed by atoms with Crippen LogP contribution in [0.5, 0.6) is 0 Å². The number of aryl methyl sites for hydroxylation is 1. The number of fused-ring (bicyclic) bond motifs is 1. The Balaban J connectivity index is 1.89. The first-order valence-corrected chi connectivity index (χ1v) is 5.82. The molecule has 0 aliphatic carbocycles. The van der Waals surface area contributed by atoms with Crippen LogP contribution in [0.25, 0.3) is 11.0 Å². The second-order valence-corrected chi connectivity index (χ2v) is 4.31. The fourth-order valence-electron chi connectivity index (χ4n) is 1.78. The number of hydrogen-bond donors (Lipinski definition) is 2. The molecule has 0 aliphatic rings. The molecule has 0 unspecified atom stereocenters. The highest BCUT2D eigenvalue weighted by molar-refractivity contribution is 6.05. The number of H-pyrrole nitrogens is 1.